The Hall–Kier alpha value is -0.840. The molecule has 0 amide bonds. The first kappa shape index (κ1) is 13.2. The van der Waals surface area contributed by atoms with Crippen LogP contribution in [0.15, 0.2) is 18.3 Å². The van der Waals surface area contributed by atoms with Crippen molar-refractivity contribution in [2.24, 2.45) is 5.73 Å². The second kappa shape index (κ2) is 7.44. The summed E-state index contributed by atoms with van der Waals surface area (Å²) < 4.78 is 5.15. The molecular weight excluding hydrogens is 226 g/mol. The Morgan fingerprint density at radius 2 is 2.38 bits per heavy atom. The van der Waals surface area contributed by atoms with Crippen molar-refractivity contribution >= 4 is 17.3 Å². The predicted octanol–water partition coefficient (Wildman–Crippen LogP) is 1.90. The molecule has 1 aromatic heterocycles. The highest BCUT2D eigenvalue weighted by molar-refractivity contribution is 6.29. The van der Waals surface area contributed by atoms with Crippen molar-refractivity contribution in [2.45, 2.75) is 18.9 Å². The zero-order chi connectivity index (χ0) is 11.8. The van der Waals surface area contributed by atoms with Crippen LogP contribution in [0.25, 0.3) is 0 Å². The highest BCUT2D eigenvalue weighted by Crippen LogP contribution is 2.12. The van der Waals surface area contributed by atoms with Gasteiger partial charge in [0.15, 0.2) is 0 Å². The van der Waals surface area contributed by atoms with Crippen molar-refractivity contribution in [3.05, 3.63) is 23.5 Å². The lowest BCUT2D eigenvalue weighted by Gasteiger charge is -2.18. The van der Waals surface area contributed by atoms with Crippen LogP contribution >= 0.6 is 11.6 Å². The molecule has 0 saturated heterocycles. The van der Waals surface area contributed by atoms with Crippen LogP contribution in [-0.2, 0) is 4.74 Å². The number of ether oxygens (including phenoxy) is 1. The number of pyridine rings is 1. The van der Waals surface area contributed by atoms with Gasteiger partial charge in [0, 0.05) is 13.2 Å². The van der Waals surface area contributed by atoms with Gasteiger partial charge in [0.05, 0.1) is 18.5 Å². The predicted molar refractivity (Wildman–Crippen MR) is 66.8 cm³/mol. The second-order valence-electron chi connectivity index (χ2n) is 3.60. The molecule has 3 N–H and O–H groups in total. The van der Waals surface area contributed by atoms with E-state index < -0.39 is 0 Å². The van der Waals surface area contributed by atoms with Crippen molar-refractivity contribution in [3.63, 3.8) is 0 Å². The first-order valence-electron chi connectivity index (χ1n) is 5.33. The molecule has 0 saturated carbocycles. The number of rotatable bonds is 7. The molecule has 0 radical (unpaired) electrons. The smallest absolute Gasteiger partial charge is 0.129 e. The summed E-state index contributed by atoms with van der Waals surface area (Å²) in [6.45, 7) is 1.35. The zero-order valence-electron chi connectivity index (χ0n) is 9.45. The summed E-state index contributed by atoms with van der Waals surface area (Å²) in [4.78, 5) is 4.01. The van der Waals surface area contributed by atoms with Crippen molar-refractivity contribution in [3.8, 4) is 0 Å². The molecular formula is C11H18ClN3O. The molecule has 0 aromatic carbocycles. The van der Waals surface area contributed by atoms with Gasteiger partial charge in [0.1, 0.15) is 5.15 Å². The minimum absolute atomic E-state index is 0.261. The lowest BCUT2D eigenvalue weighted by Crippen LogP contribution is -2.25. The van der Waals surface area contributed by atoms with Crippen molar-refractivity contribution in [1.82, 2.24) is 4.98 Å². The largest absolute Gasteiger partial charge is 0.383 e. The maximum atomic E-state index is 5.71. The van der Waals surface area contributed by atoms with E-state index in [1.165, 1.54) is 0 Å². The summed E-state index contributed by atoms with van der Waals surface area (Å²) in [5.41, 5.74) is 6.44. The molecule has 90 valence electrons. The van der Waals surface area contributed by atoms with Crippen LogP contribution in [0.3, 0.4) is 0 Å². The van der Waals surface area contributed by atoms with Crippen molar-refractivity contribution in [1.29, 1.82) is 0 Å². The average Bonchev–Trinajstić information content (AvgIpc) is 2.29. The summed E-state index contributed by atoms with van der Waals surface area (Å²) in [6, 6.07) is 3.92. The number of nitrogens with zero attached hydrogens (tertiary/aromatic N) is 1. The topological polar surface area (TPSA) is 60.2 Å². The Labute approximate surface area is 101 Å². The summed E-state index contributed by atoms with van der Waals surface area (Å²) in [7, 11) is 1.69. The zero-order valence-corrected chi connectivity index (χ0v) is 10.2. The van der Waals surface area contributed by atoms with Gasteiger partial charge in [-0.3, -0.25) is 0 Å². The summed E-state index contributed by atoms with van der Waals surface area (Å²) in [6.07, 6.45) is 3.67. The SMILES string of the molecule is COCC(CCCN)Nc1ccc(Cl)nc1. The molecule has 0 aliphatic rings. The van der Waals surface area contributed by atoms with Crippen LogP contribution in [0.4, 0.5) is 5.69 Å². The molecule has 0 spiro atoms. The average molecular weight is 244 g/mol. The fraction of sp³-hybridized carbons (Fsp3) is 0.545. The van der Waals surface area contributed by atoms with E-state index in [1.54, 1.807) is 19.4 Å². The Kier molecular flexibility index (Phi) is 6.15. The van der Waals surface area contributed by atoms with Crippen LogP contribution in [-0.4, -0.2) is 31.3 Å². The van der Waals surface area contributed by atoms with E-state index in [4.69, 9.17) is 22.1 Å². The molecule has 0 bridgehead atoms. The fourth-order valence-corrected chi connectivity index (χ4v) is 1.57. The lowest BCUT2D eigenvalue weighted by atomic mass is 10.1. The molecule has 1 rings (SSSR count). The van der Waals surface area contributed by atoms with Crippen LogP contribution in [0, 0.1) is 0 Å². The minimum Gasteiger partial charge on any atom is -0.383 e. The van der Waals surface area contributed by atoms with Gasteiger partial charge >= 0.3 is 0 Å². The number of anilines is 1. The van der Waals surface area contributed by atoms with Crippen LogP contribution in [0.1, 0.15) is 12.8 Å². The highest BCUT2D eigenvalue weighted by atomic mass is 35.5. The van der Waals surface area contributed by atoms with Gasteiger partial charge in [0.2, 0.25) is 0 Å². The molecule has 1 heterocycles. The Morgan fingerprint density at radius 1 is 1.56 bits per heavy atom. The number of hydrogen-bond donors (Lipinski definition) is 2. The summed E-state index contributed by atoms with van der Waals surface area (Å²) >= 11 is 5.71. The third kappa shape index (κ3) is 4.79. The van der Waals surface area contributed by atoms with E-state index in [1.807, 2.05) is 6.07 Å². The number of nitrogens with one attached hydrogen (secondary N) is 1. The van der Waals surface area contributed by atoms with Gasteiger partial charge in [-0.05, 0) is 31.5 Å². The molecule has 1 unspecified atom stereocenters. The van der Waals surface area contributed by atoms with Crippen LogP contribution < -0.4 is 11.1 Å². The second-order valence-corrected chi connectivity index (χ2v) is 3.98. The number of methoxy groups -OCH3 is 1. The van der Waals surface area contributed by atoms with Gasteiger partial charge in [-0.1, -0.05) is 11.6 Å². The molecule has 0 aliphatic carbocycles. The molecule has 5 heteroatoms. The summed E-state index contributed by atoms with van der Waals surface area (Å²) in [5.74, 6) is 0. The quantitative estimate of drug-likeness (QED) is 0.719. The normalized spacial score (nSPS) is 12.4. The number of aromatic nitrogens is 1. The standard InChI is InChI=1S/C11H18ClN3O/c1-16-8-10(3-2-6-13)15-9-4-5-11(12)14-7-9/h4-5,7,10,15H,2-3,6,8,13H2,1H3. The number of nitrogens with two attached hydrogens (primary N) is 1. The molecule has 0 aliphatic heterocycles. The van der Waals surface area contributed by atoms with E-state index in [2.05, 4.69) is 10.3 Å². The van der Waals surface area contributed by atoms with E-state index in [0.717, 1.165) is 18.5 Å². The number of halogens is 1. The number of hydrogen-bond acceptors (Lipinski definition) is 4. The Bertz CT molecular complexity index is 292. The van der Waals surface area contributed by atoms with E-state index in [-0.39, 0.29) is 6.04 Å². The molecule has 4 nitrogen and oxygen atoms in total. The van der Waals surface area contributed by atoms with Gasteiger partial charge < -0.3 is 15.8 Å². The van der Waals surface area contributed by atoms with E-state index in [0.29, 0.717) is 18.3 Å². The van der Waals surface area contributed by atoms with Crippen molar-refractivity contribution in [2.75, 3.05) is 25.6 Å². The van der Waals surface area contributed by atoms with Crippen LogP contribution in [0.5, 0.6) is 0 Å². The third-order valence-electron chi connectivity index (χ3n) is 2.22. The first-order valence-corrected chi connectivity index (χ1v) is 5.71. The maximum Gasteiger partial charge on any atom is 0.129 e. The molecule has 16 heavy (non-hydrogen) atoms. The minimum atomic E-state index is 0.261. The Morgan fingerprint density at radius 3 is 2.94 bits per heavy atom. The van der Waals surface area contributed by atoms with Gasteiger partial charge in [-0.25, -0.2) is 4.98 Å². The summed E-state index contributed by atoms with van der Waals surface area (Å²) in [5, 5.41) is 3.84. The van der Waals surface area contributed by atoms with Crippen LogP contribution in [0.2, 0.25) is 5.15 Å². The molecule has 0 fully saturated rings. The van der Waals surface area contributed by atoms with Gasteiger partial charge in [0.25, 0.3) is 0 Å². The highest BCUT2D eigenvalue weighted by Gasteiger charge is 2.07. The molecule has 1 atom stereocenters. The first-order chi connectivity index (χ1) is 7.76. The van der Waals surface area contributed by atoms with Gasteiger partial charge in [-0.2, -0.15) is 0 Å². The third-order valence-corrected chi connectivity index (χ3v) is 2.45. The maximum absolute atomic E-state index is 5.71. The van der Waals surface area contributed by atoms with Gasteiger partial charge in [-0.15, -0.1) is 0 Å². The lowest BCUT2D eigenvalue weighted by molar-refractivity contribution is 0.182. The molecule has 1 aromatic rings. The van der Waals surface area contributed by atoms with Crippen molar-refractivity contribution < 1.29 is 4.74 Å². The monoisotopic (exact) mass is 243 g/mol. The van der Waals surface area contributed by atoms with E-state index >= 15 is 0 Å². The fourth-order valence-electron chi connectivity index (χ4n) is 1.46. The van der Waals surface area contributed by atoms with E-state index in [9.17, 15) is 0 Å². The Balaban J connectivity index is 2.49.